The van der Waals surface area contributed by atoms with Crippen LogP contribution in [0, 0.1) is 5.41 Å². The summed E-state index contributed by atoms with van der Waals surface area (Å²) in [5.41, 5.74) is -0.642. The highest BCUT2D eigenvalue weighted by atomic mass is 32.2. The molecule has 0 bridgehead atoms. The van der Waals surface area contributed by atoms with Gasteiger partial charge in [-0.3, -0.25) is 4.79 Å². The largest absolute Gasteiger partial charge is 0.469 e. The van der Waals surface area contributed by atoms with Gasteiger partial charge in [0.05, 0.1) is 31.1 Å². The number of rotatable bonds is 8. The number of aliphatic hydroxyl groups is 1. The molecule has 0 saturated heterocycles. The number of β-amino-alcohol motifs (C(OH)–C–C–N with tert-alkyl or cyclic N) is 1. The molecule has 1 unspecified atom stereocenters. The van der Waals surface area contributed by atoms with Crippen molar-refractivity contribution < 1.29 is 23.1 Å². The second-order valence-corrected chi connectivity index (χ2v) is 9.20. The summed E-state index contributed by atoms with van der Waals surface area (Å²) in [6.45, 7) is 6.07. The van der Waals surface area contributed by atoms with Crippen molar-refractivity contribution in [2.24, 2.45) is 5.41 Å². The molecule has 1 fully saturated rings. The van der Waals surface area contributed by atoms with Crippen molar-refractivity contribution >= 4 is 15.8 Å². The summed E-state index contributed by atoms with van der Waals surface area (Å²) >= 11 is 0. The van der Waals surface area contributed by atoms with E-state index >= 15 is 0 Å². The predicted octanol–water partition coefficient (Wildman–Crippen LogP) is 0.494. The minimum atomic E-state index is -3.40. The van der Waals surface area contributed by atoms with E-state index in [0.29, 0.717) is 0 Å². The number of nitrogens with one attached hydrogen (secondary N) is 1. The number of sulfone groups is 1. The standard InChI is InChI=1S/C14H27NO5S/c1-13(2,3)15-8-11(16)9-21(18,19)10-14(5-6-14)7-12(17)20-4/h11,15-16H,5-10H2,1-4H3. The monoisotopic (exact) mass is 321 g/mol. The molecule has 0 heterocycles. The van der Waals surface area contributed by atoms with E-state index in [-0.39, 0.29) is 36.0 Å². The lowest BCUT2D eigenvalue weighted by atomic mass is 10.1. The quantitative estimate of drug-likeness (QED) is 0.632. The van der Waals surface area contributed by atoms with Crippen LogP contribution in [0.5, 0.6) is 0 Å². The molecule has 0 spiro atoms. The SMILES string of the molecule is COC(=O)CC1(CS(=O)(=O)CC(O)CNC(C)(C)C)CC1. The highest BCUT2D eigenvalue weighted by Crippen LogP contribution is 2.50. The van der Waals surface area contributed by atoms with E-state index in [1.54, 1.807) is 0 Å². The van der Waals surface area contributed by atoms with Gasteiger partial charge in [0, 0.05) is 12.1 Å². The lowest BCUT2D eigenvalue weighted by molar-refractivity contribution is -0.141. The molecule has 0 aromatic heterocycles. The Morgan fingerprint density at radius 2 is 1.95 bits per heavy atom. The van der Waals surface area contributed by atoms with Crippen molar-refractivity contribution in [2.75, 3.05) is 25.2 Å². The Balaban J connectivity index is 2.49. The number of hydrogen-bond donors (Lipinski definition) is 2. The van der Waals surface area contributed by atoms with Gasteiger partial charge in [0.25, 0.3) is 0 Å². The molecule has 7 heteroatoms. The first-order valence-corrected chi connectivity index (χ1v) is 8.99. The Labute approximate surface area is 127 Å². The number of ether oxygens (including phenoxy) is 1. The lowest BCUT2D eigenvalue weighted by Crippen LogP contribution is -2.43. The van der Waals surface area contributed by atoms with Gasteiger partial charge in [-0.1, -0.05) is 0 Å². The van der Waals surface area contributed by atoms with Gasteiger partial charge in [-0.05, 0) is 39.0 Å². The summed E-state index contributed by atoms with van der Waals surface area (Å²) in [6.07, 6.45) is 0.636. The van der Waals surface area contributed by atoms with E-state index in [2.05, 4.69) is 10.1 Å². The maximum absolute atomic E-state index is 12.2. The minimum Gasteiger partial charge on any atom is -0.469 e. The third-order valence-electron chi connectivity index (χ3n) is 3.54. The van der Waals surface area contributed by atoms with Crippen LogP contribution in [0.4, 0.5) is 0 Å². The highest BCUT2D eigenvalue weighted by molar-refractivity contribution is 7.91. The van der Waals surface area contributed by atoms with Crippen LogP contribution in [-0.2, 0) is 19.4 Å². The Bertz CT molecular complexity index is 462. The molecule has 1 atom stereocenters. The Morgan fingerprint density at radius 1 is 1.38 bits per heavy atom. The van der Waals surface area contributed by atoms with E-state index in [1.165, 1.54) is 7.11 Å². The van der Waals surface area contributed by atoms with Crippen molar-refractivity contribution in [1.82, 2.24) is 5.32 Å². The van der Waals surface area contributed by atoms with E-state index in [1.807, 2.05) is 20.8 Å². The third kappa shape index (κ3) is 7.24. The molecule has 1 aliphatic rings. The molecule has 0 aromatic carbocycles. The van der Waals surface area contributed by atoms with Crippen molar-refractivity contribution in [3.8, 4) is 0 Å². The summed E-state index contributed by atoms with van der Waals surface area (Å²) in [4.78, 5) is 11.3. The summed E-state index contributed by atoms with van der Waals surface area (Å²) < 4.78 is 28.9. The van der Waals surface area contributed by atoms with Crippen molar-refractivity contribution in [3.05, 3.63) is 0 Å². The van der Waals surface area contributed by atoms with Crippen LogP contribution in [0.1, 0.15) is 40.0 Å². The van der Waals surface area contributed by atoms with Crippen LogP contribution in [0.2, 0.25) is 0 Å². The fraction of sp³-hybridized carbons (Fsp3) is 0.929. The fourth-order valence-corrected chi connectivity index (χ4v) is 4.37. The van der Waals surface area contributed by atoms with E-state index < -0.39 is 21.4 Å². The Kier molecular flexibility index (Phi) is 5.80. The maximum Gasteiger partial charge on any atom is 0.306 e. The van der Waals surface area contributed by atoms with Crippen LogP contribution in [-0.4, -0.2) is 56.3 Å². The summed E-state index contributed by atoms with van der Waals surface area (Å²) in [5, 5.41) is 12.9. The smallest absolute Gasteiger partial charge is 0.306 e. The molecule has 6 nitrogen and oxygen atoms in total. The molecule has 1 aliphatic carbocycles. The zero-order chi connectivity index (χ0) is 16.3. The van der Waals surface area contributed by atoms with Gasteiger partial charge >= 0.3 is 5.97 Å². The van der Waals surface area contributed by atoms with E-state index in [0.717, 1.165) is 12.8 Å². The van der Waals surface area contributed by atoms with Gasteiger partial charge in [0.1, 0.15) is 0 Å². The predicted molar refractivity (Wildman–Crippen MR) is 80.7 cm³/mol. The normalized spacial score (nSPS) is 19.1. The zero-order valence-corrected chi connectivity index (χ0v) is 14.1. The highest BCUT2D eigenvalue weighted by Gasteiger charge is 2.48. The lowest BCUT2D eigenvalue weighted by Gasteiger charge is -2.23. The molecule has 1 rings (SSSR count). The molecule has 1 saturated carbocycles. The first-order chi connectivity index (χ1) is 9.47. The number of carbonyl (C=O) groups excluding carboxylic acids is 1. The number of carbonyl (C=O) groups is 1. The molecule has 0 aliphatic heterocycles. The minimum absolute atomic E-state index is 0.0539. The van der Waals surface area contributed by atoms with Crippen LogP contribution in [0.3, 0.4) is 0 Å². The molecule has 0 amide bonds. The van der Waals surface area contributed by atoms with Crippen LogP contribution < -0.4 is 5.32 Å². The van der Waals surface area contributed by atoms with Crippen LogP contribution in [0.25, 0.3) is 0 Å². The number of esters is 1. The number of hydrogen-bond acceptors (Lipinski definition) is 6. The van der Waals surface area contributed by atoms with Crippen LogP contribution >= 0.6 is 0 Å². The summed E-state index contributed by atoms with van der Waals surface area (Å²) in [7, 11) is -2.09. The second kappa shape index (κ2) is 6.62. The summed E-state index contributed by atoms with van der Waals surface area (Å²) in [6, 6.07) is 0. The Morgan fingerprint density at radius 3 is 2.38 bits per heavy atom. The van der Waals surface area contributed by atoms with Gasteiger partial charge < -0.3 is 15.2 Å². The van der Waals surface area contributed by atoms with Crippen LogP contribution in [0.15, 0.2) is 0 Å². The Hall–Kier alpha value is -0.660. The average molecular weight is 321 g/mol. The van der Waals surface area contributed by atoms with E-state index in [9.17, 15) is 18.3 Å². The zero-order valence-electron chi connectivity index (χ0n) is 13.3. The molecule has 21 heavy (non-hydrogen) atoms. The summed E-state index contributed by atoms with van der Waals surface area (Å²) in [5.74, 6) is -0.710. The van der Waals surface area contributed by atoms with Gasteiger partial charge in [-0.25, -0.2) is 8.42 Å². The average Bonchev–Trinajstić information content (AvgIpc) is 3.03. The molecule has 0 aromatic rings. The van der Waals surface area contributed by atoms with Gasteiger partial charge in [-0.15, -0.1) is 0 Å². The second-order valence-electron chi connectivity index (χ2n) is 7.09. The molecule has 2 N–H and O–H groups in total. The van der Waals surface area contributed by atoms with Crippen molar-refractivity contribution in [2.45, 2.75) is 51.7 Å². The molecule has 0 radical (unpaired) electrons. The van der Waals surface area contributed by atoms with Gasteiger partial charge in [0.15, 0.2) is 9.84 Å². The molecular formula is C14H27NO5S. The first-order valence-electron chi connectivity index (χ1n) is 7.17. The molecule has 124 valence electrons. The number of methoxy groups -OCH3 is 1. The number of aliphatic hydroxyl groups excluding tert-OH is 1. The molecular weight excluding hydrogens is 294 g/mol. The van der Waals surface area contributed by atoms with Gasteiger partial charge in [0.2, 0.25) is 0 Å². The van der Waals surface area contributed by atoms with Crippen molar-refractivity contribution in [1.29, 1.82) is 0 Å². The third-order valence-corrected chi connectivity index (χ3v) is 5.49. The topological polar surface area (TPSA) is 92.7 Å². The first kappa shape index (κ1) is 18.4. The van der Waals surface area contributed by atoms with Gasteiger partial charge in [-0.2, -0.15) is 0 Å². The van der Waals surface area contributed by atoms with E-state index in [4.69, 9.17) is 0 Å². The maximum atomic E-state index is 12.2. The fourth-order valence-electron chi connectivity index (χ4n) is 2.23. The van der Waals surface area contributed by atoms with Crippen molar-refractivity contribution in [3.63, 3.8) is 0 Å².